The monoisotopic (exact) mass is 287 g/mol. The van der Waals surface area contributed by atoms with Gasteiger partial charge in [0.2, 0.25) is 11.8 Å². The van der Waals surface area contributed by atoms with Gasteiger partial charge in [-0.3, -0.25) is 9.59 Å². The summed E-state index contributed by atoms with van der Waals surface area (Å²) in [6, 6.07) is 6.90. The summed E-state index contributed by atoms with van der Waals surface area (Å²) in [5, 5.41) is 14.9. The van der Waals surface area contributed by atoms with Gasteiger partial charge in [0.1, 0.15) is 0 Å². The summed E-state index contributed by atoms with van der Waals surface area (Å²) in [5.41, 5.74) is 4.59. The minimum atomic E-state index is -1.18. The van der Waals surface area contributed by atoms with Crippen LogP contribution in [0.25, 0.3) is 0 Å². The average Bonchev–Trinajstić information content (AvgIpc) is 2.47. The highest BCUT2D eigenvalue weighted by atomic mass is 16.4. The van der Waals surface area contributed by atoms with Gasteiger partial charge in [-0.25, -0.2) is 10.2 Å². The molecule has 1 aromatic rings. The molecule has 0 saturated heterocycles. The van der Waals surface area contributed by atoms with Crippen LogP contribution in [0.15, 0.2) is 41.5 Å². The zero-order valence-electron chi connectivity index (χ0n) is 11.0. The minimum Gasteiger partial charge on any atom is -0.478 e. The third-order valence-electron chi connectivity index (χ3n) is 2.77. The number of carbonyl (C=O) groups excluding carboxylic acids is 2. The predicted molar refractivity (Wildman–Crippen MR) is 75.8 cm³/mol. The first-order chi connectivity index (χ1) is 10.0. The molecule has 0 saturated carbocycles. The maximum atomic E-state index is 11.4. The number of amides is 2. The standard InChI is InChI=1S/C14H13N3O4/c18-12(7-8-14(20)21)15-10-3-1-9(2-4-10)11-5-6-13(19)17-16-11/h1-4,7-8H,5-6H2,(H,15,18)(H,17,19)(H,20,21)/b8-7-. The van der Waals surface area contributed by atoms with E-state index in [1.165, 1.54) is 0 Å². The summed E-state index contributed by atoms with van der Waals surface area (Å²) < 4.78 is 0. The third-order valence-corrected chi connectivity index (χ3v) is 2.77. The van der Waals surface area contributed by atoms with Crippen LogP contribution in [0.1, 0.15) is 18.4 Å². The van der Waals surface area contributed by atoms with E-state index in [-0.39, 0.29) is 5.91 Å². The van der Waals surface area contributed by atoms with Crippen molar-refractivity contribution >= 4 is 29.2 Å². The van der Waals surface area contributed by atoms with Crippen LogP contribution in [0, 0.1) is 0 Å². The average molecular weight is 287 g/mol. The Hall–Kier alpha value is -2.96. The van der Waals surface area contributed by atoms with E-state index in [1.807, 2.05) is 0 Å². The molecule has 7 heteroatoms. The van der Waals surface area contributed by atoms with Gasteiger partial charge in [0.05, 0.1) is 5.71 Å². The van der Waals surface area contributed by atoms with Gasteiger partial charge in [0.15, 0.2) is 0 Å². The first-order valence-electron chi connectivity index (χ1n) is 6.22. The highest BCUT2D eigenvalue weighted by Gasteiger charge is 2.13. The van der Waals surface area contributed by atoms with E-state index in [1.54, 1.807) is 24.3 Å². The molecule has 1 aliphatic rings. The summed E-state index contributed by atoms with van der Waals surface area (Å²) in [5.74, 6) is -1.81. The molecular formula is C14H13N3O4. The van der Waals surface area contributed by atoms with E-state index in [0.29, 0.717) is 18.5 Å². The van der Waals surface area contributed by atoms with Crippen LogP contribution in [-0.4, -0.2) is 28.6 Å². The molecule has 7 nitrogen and oxygen atoms in total. The molecule has 0 aromatic heterocycles. The molecule has 0 spiro atoms. The molecule has 0 bridgehead atoms. The summed E-state index contributed by atoms with van der Waals surface area (Å²) in [6.07, 6.45) is 2.68. The molecule has 108 valence electrons. The van der Waals surface area contributed by atoms with E-state index in [0.717, 1.165) is 23.4 Å². The molecule has 0 unspecified atom stereocenters. The van der Waals surface area contributed by atoms with Crippen molar-refractivity contribution in [2.24, 2.45) is 5.10 Å². The lowest BCUT2D eigenvalue weighted by atomic mass is 10.0. The number of carboxylic acid groups (broad SMARTS) is 1. The molecule has 0 atom stereocenters. The van der Waals surface area contributed by atoms with Gasteiger partial charge in [-0.15, -0.1) is 0 Å². The molecule has 2 rings (SSSR count). The van der Waals surface area contributed by atoms with E-state index < -0.39 is 11.9 Å². The Balaban J connectivity index is 2.01. The second kappa shape index (κ2) is 6.47. The Morgan fingerprint density at radius 3 is 2.48 bits per heavy atom. The molecule has 21 heavy (non-hydrogen) atoms. The van der Waals surface area contributed by atoms with Crippen LogP contribution in [-0.2, 0) is 14.4 Å². The number of carbonyl (C=O) groups is 3. The molecular weight excluding hydrogens is 274 g/mol. The Morgan fingerprint density at radius 2 is 1.90 bits per heavy atom. The summed E-state index contributed by atoms with van der Waals surface area (Å²) in [4.78, 5) is 32.7. The van der Waals surface area contributed by atoms with Gasteiger partial charge in [0, 0.05) is 30.7 Å². The molecule has 2 amide bonds. The van der Waals surface area contributed by atoms with E-state index >= 15 is 0 Å². The largest absolute Gasteiger partial charge is 0.478 e. The topological polar surface area (TPSA) is 108 Å². The maximum Gasteiger partial charge on any atom is 0.328 e. The normalized spacial score (nSPS) is 14.5. The quantitative estimate of drug-likeness (QED) is 0.714. The van der Waals surface area contributed by atoms with Crippen molar-refractivity contribution < 1.29 is 19.5 Å². The number of aliphatic carboxylic acids is 1. The molecule has 0 aliphatic carbocycles. The lowest BCUT2D eigenvalue weighted by Gasteiger charge is -2.12. The molecule has 3 N–H and O–H groups in total. The Kier molecular flexibility index (Phi) is 4.45. The van der Waals surface area contributed by atoms with Gasteiger partial charge < -0.3 is 10.4 Å². The Bertz CT molecular complexity index is 632. The van der Waals surface area contributed by atoms with Crippen LogP contribution in [0.4, 0.5) is 5.69 Å². The zero-order chi connectivity index (χ0) is 15.2. The van der Waals surface area contributed by atoms with Crippen LogP contribution in [0.2, 0.25) is 0 Å². The van der Waals surface area contributed by atoms with Gasteiger partial charge >= 0.3 is 5.97 Å². The Morgan fingerprint density at radius 1 is 1.19 bits per heavy atom. The highest BCUT2D eigenvalue weighted by Crippen LogP contribution is 2.14. The number of hydrogen-bond acceptors (Lipinski definition) is 4. The zero-order valence-corrected chi connectivity index (χ0v) is 11.0. The number of hydrazone groups is 1. The van der Waals surface area contributed by atoms with Crippen molar-refractivity contribution in [3.8, 4) is 0 Å². The van der Waals surface area contributed by atoms with Gasteiger partial charge in [0.25, 0.3) is 0 Å². The number of anilines is 1. The lowest BCUT2D eigenvalue weighted by molar-refractivity contribution is -0.131. The van der Waals surface area contributed by atoms with Crippen molar-refractivity contribution in [3.05, 3.63) is 42.0 Å². The number of rotatable bonds is 4. The number of hydrogen-bond donors (Lipinski definition) is 3. The molecule has 1 heterocycles. The van der Waals surface area contributed by atoms with Crippen molar-refractivity contribution in [2.45, 2.75) is 12.8 Å². The van der Waals surface area contributed by atoms with Crippen LogP contribution >= 0.6 is 0 Å². The van der Waals surface area contributed by atoms with Crippen molar-refractivity contribution in [3.63, 3.8) is 0 Å². The Labute approximate surface area is 120 Å². The van der Waals surface area contributed by atoms with Crippen molar-refractivity contribution in [1.29, 1.82) is 0 Å². The first-order valence-corrected chi connectivity index (χ1v) is 6.22. The summed E-state index contributed by atoms with van der Waals surface area (Å²) >= 11 is 0. The van der Waals surface area contributed by atoms with Crippen molar-refractivity contribution in [2.75, 3.05) is 5.32 Å². The number of benzene rings is 1. The number of nitrogens with one attached hydrogen (secondary N) is 2. The van der Waals surface area contributed by atoms with E-state index in [9.17, 15) is 14.4 Å². The van der Waals surface area contributed by atoms with Crippen LogP contribution in [0.3, 0.4) is 0 Å². The second-order valence-electron chi connectivity index (χ2n) is 4.33. The smallest absolute Gasteiger partial charge is 0.328 e. The summed E-state index contributed by atoms with van der Waals surface area (Å²) in [6.45, 7) is 0. The second-order valence-corrected chi connectivity index (χ2v) is 4.33. The summed E-state index contributed by atoms with van der Waals surface area (Å²) in [7, 11) is 0. The third kappa shape index (κ3) is 4.27. The first kappa shape index (κ1) is 14.4. The van der Waals surface area contributed by atoms with Gasteiger partial charge in [-0.2, -0.15) is 5.10 Å². The fourth-order valence-corrected chi connectivity index (χ4v) is 1.76. The minimum absolute atomic E-state index is 0.104. The van der Waals surface area contributed by atoms with E-state index in [2.05, 4.69) is 15.8 Å². The predicted octanol–water partition coefficient (Wildman–Crippen LogP) is 0.880. The molecule has 0 radical (unpaired) electrons. The fraction of sp³-hybridized carbons (Fsp3) is 0.143. The van der Waals surface area contributed by atoms with Crippen molar-refractivity contribution in [1.82, 2.24) is 5.43 Å². The fourth-order valence-electron chi connectivity index (χ4n) is 1.76. The number of carboxylic acids is 1. The van der Waals surface area contributed by atoms with E-state index in [4.69, 9.17) is 5.11 Å². The number of nitrogens with zero attached hydrogens (tertiary/aromatic N) is 1. The molecule has 1 aliphatic heterocycles. The maximum absolute atomic E-state index is 11.4. The van der Waals surface area contributed by atoms with Gasteiger partial charge in [-0.05, 0) is 17.7 Å². The SMILES string of the molecule is O=C(O)/C=C\C(=O)Nc1ccc(C2=NNC(=O)CC2)cc1. The van der Waals surface area contributed by atoms with Crippen LogP contribution in [0.5, 0.6) is 0 Å². The van der Waals surface area contributed by atoms with Gasteiger partial charge in [-0.1, -0.05) is 12.1 Å². The van der Waals surface area contributed by atoms with Crippen LogP contribution < -0.4 is 10.7 Å². The molecule has 0 fully saturated rings. The lowest BCUT2D eigenvalue weighted by Crippen LogP contribution is -2.25. The molecule has 1 aromatic carbocycles. The highest BCUT2D eigenvalue weighted by molar-refractivity contribution is 6.05.